The predicted molar refractivity (Wildman–Crippen MR) is 395 cm³/mol. The molecule has 13 rings (SSSR count). The molecule has 8 bridgehead atoms. The van der Waals surface area contributed by atoms with E-state index in [1.807, 2.05) is 109 Å². The molecule has 0 saturated carbocycles. The monoisotopic (exact) mass is 1270 g/mol. The number of fused-ring (bicyclic) bond motifs is 8. The van der Waals surface area contributed by atoms with E-state index in [2.05, 4.69) is 214 Å². The minimum absolute atomic E-state index is 0.252. The molecule has 96 heavy (non-hydrogen) atoms. The van der Waals surface area contributed by atoms with Gasteiger partial charge in [0.25, 0.3) is 0 Å². The van der Waals surface area contributed by atoms with Gasteiger partial charge < -0.3 is 38.4 Å². The van der Waals surface area contributed by atoms with Gasteiger partial charge in [0.1, 0.15) is 57.5 Å². The molecule has 11 aromatic rings. The van der Waals surface area contributed by atoms with Gasteiger partial charge in [0.2, 0.25) is 0 Å². The Morgan fingerprint density at radius 1 is 0.250 bits per heavy atom. The van der Waals surface area contributed by atoms with Crippen molar-refractivity contribution in [3.8, 4) is 102 Å². The van der Waals surface area contributed by atoms with E-state index in [-0.39, 0.29) is 21.7 Å². The van der Waals surface area contributed by atoms with E-state index in [0.717, 1.165) is 112 Å². The first kappa shape index (κ1) is 63.9. The maximum Gasteiger partial charge on any atom is 0.139 e. The van der Waals surface area contributed by atoms with Crippen LogP contribution in [0.25, 0.3) is 90.9 Å². The lowest BCUT2D eigenvalue weighted by atomic mass is 9.86. The summed E-state index contributed by atoms with van der Waals surface area (Å²) in [5, 5.41) is 0. The molecular weight excluding hydrogens is 1180 g/mol. The zero-order valence-corrected chi connectivity index (χ0v) is 57.3. The quantitative estimate of drug-likeness (QED) is 0.111. The van der Waals surface area contributed by atoms with E-state index >= 15 is 0 Å². The second kappa shape index (κ2) is 25.5. The van der Waals surface area contributed by atoms with Crippen molar-refractivity contribution in [2.75, 3.05) is 14.2 Å². The Balaban J connectivity index is 1.18. The first-order chi connectivity index (χ1) is 46.0. The number of hydrogen-bond donors (Lipinski definition) is 2. The Kier molecular flexibility index (Phi) is 17.0. The molecule has 3 aromatic heterocycles. The number of nitrogens with zero attached hydrogens (tertiary/aromatic N) is 2. The van der Waals surface area contributed by atoms with Crippen LogP contribution < -0.4 is 28.4 Å². The lowest BCUT2D eigenvalue weighted by Gasteiger charge is -2.25. The van der Waals surface area contributed by atoms with Gasteiger partial charge in [-0.3, -0.25) is 0 Å². The zero-order chi connectivity index (χ0) is 67.3. The van der Waals surface area contributed by atoms with Crippen molar-refractivity contribution >= 4 is 46.4 Å². The topological polar surface area (TPSA) is 113 Å². The van der Waals surface area contributed by atoms with Crippen LogP contribution in [-0.2, 0) is 21.7 Å². The normalized spacial score (nSPS) is 12.4. The number of H-pyrrole nitrogens is 2. The van der Waals surface area contributed by atoms with Crippen LogP contribution in [-0.4, -0.2) is 34.2 Å². The summed E-state index contributed by atoms with van der Waals surface area (Å²) in [6.07, 6.45) is 8.40. The molecule has 0 aliphatic carbocycles. The van der Waals surface area contributed by atoms with E-state index in [4.69, 9.17) is 38.4 Å². The average molecular weight is 1270 g/mol. The second-order valence-electron chi connectivity index (χ2n) is 28.6. The Morgan fingerprint density at radius 3 is 0.750 bits per heavy atom. The van der Waals surface area contributed by atoms with E-state index in [0.29, 0.717) is 56.9 Å². The molecule has 10 nitrogen and oxygen atoms in total. The Labute approximate surface area is 564 Å². The maximum atomic E-state index is 7.35. The highest BCUT2D eigenvalue weighted by Gasteiger charge is 2.30. The van der Waals surface area contributed by atoms with Crippen LogP contribution in [0, 0.1) is 0 Å². The molecule has 0 unspecified atom stereocenters. The molecule has 0 amide bonds. The van der Waals surface area contributed by atoms with Gasteiger partial charge in [-0.1, -0.05) is 192 Å². The molecule has 10 heteroatoms. The summed E-state index contributed by atoms with van der Waals surface area (Å²) in [5.74, 6) is 6.70. The minimum atomic E-state index is -0.252. The zero-order valence-electron chi connectivity index (χ0n) is 57.3. The Hall–Kier alpha value is -10.8. The van der Waals surface area contributed by atoms with Crippen LogP contribution in [0.2, 0.25) is 0 Å². The van der Waals surface area contributed by atoms with E-state index in [1.54, 1.807) is 14.2 Å². The third-order valence-electron chi connectivity index (χ3n) is 17.6. The number of aromatic nitrogens is 4. The van der Waals surface area contributed by atoms with Gasteiger partial charge in [0.15, 0.2) is 0 Å². The molecule has 8 aromatic carbocycles. The number of benzene rings is 8. The number of nitrogens with one attached hydrogen (secondary N) is 2. The number of hydrogen-bond acceptors (Lipinski definition) is 8. The largest absolute Gasteiger partial charge is 0.497 e. The summed E-state index contributed by atoms with van der Waals surface area (Å²) in [6, 6.07) is 70.0. The fraction of sp³-hybridized carbons (Fsp3) is 0.209. The van der Waals surface area contributed by atoms with Crippen molar-refractivity contribution in [3.63, 3.8) is 0 Å². The van der Waals surface area contributed by atoms with Gasteiger partial charge in [0, 0.05) is 66.6 Å². The average Bonchev–Trinajstić information content (AvgIpc) is 1.66. The molecule has 0 radical (unpaired) electrons. The fourth-order valence-corrected chi connectivity index (χ4v) is 12.9. The van der Waals surface area contributed by atoms with Crippen molar-refractivity contribution in [1.29, 1.82) is 0 Å². The molecule has 0 fully saturated rings. The molecule has 0 saturated heterocycles. The van der Waals surface area contributed by atoms with Crippen LogP contribution in [0.1, 0.15) is 128 Å². The van der Waals surface area contributed by atoms with Crippen molar-refractivity contribution in [2.45, 2.75) is 105 Å². The fourth-order valence-electron chi connectivity index (χ4n) is 12.9. The standard InChI is InChI=1S/C86H82N4O6/c1-83(2,3)57-25-15-19-29-69(57)93-73-33-23-34-74(94-70-30-20-16-26-58(70)84(4,5)6)81(73)79-65-49-45-61(87-65)77(53-37-41-55(91-13)42-38-53)63-47-51-67(89-63)80(68-52-48-64(90-68)78(62-46-50-66(79)88-62)54-39-43-56(92-14)44-40-54)82-75(95-71-31-21-17-27-59(71)85(7,8)9)35-24-36-76(82)96-72-32-22-18-28-60(72)86(10,11)12/h15-52,87,90H,1-14H3. The third-order valence-corrected chi connectivity index (χ3v) is 17.6. The highest BCUT2D eigenvalue weighted by atomic mass is 16.5. The van der Waals surface area contributed by atoms with Crippen LogP contribution in [0.15, 0.2) is 206 Å². The number of methoxy groups -OCH3 is 2. The number of aromatic amines is 2. The minimum Gasteiger partial charge on any atom is -0.497 e. The van der Waals surface area contributed by atoms with Crippen LogP contribution in [0.5, 0.6) is 57.5 Å². The summed E-state index contributed by atoms with van der Waals surface area (Å²) in [5.41, 5.74) is 15.5. The summed E-state index contributed by atoms with van der Waals surface area (Å²) in [4.78, 5) is 19.6. The van der Waals surface area contributed by atoms with Gasteiger partial charge in [-0.15, -0.1) is 0 Å². The number of ether oxygens (including phenoxy) is 6. The van der Waals surface area contributed by atoms with Crippen LogP contribution in [0.3, 0.4) is 0 Å². The predicted octanol–water partition coefficient (Wildman–Crippen LogP) is 23.7. The van der Waals surface area contributed by atoms with E-state index in [1.165, 1.54) is 0 Å². The molecule has 2 N–H and O–H groups in total. The van der Waals surface area contributed by atoms with Crippen molar-refractivity contribution in [2.24, 2.45) is 0 Å². The SMILES string of the molecule is COc1ccc(-c2c3nc(c(-c4c(Oc5ccccc5C(C)(C)C)cccc4Oc4ccccc4C(C)(C)C)c4ccc([nH]4)c(-c4ccc(OC)cc4)c4nc(c(-c5c(Oc6ccccc6C(C)(C)C)cccc5Oc5ccccc5C(C)(C)C)c5ccc2[nH]5)C=C4)C=C3)cc1. The smallest absolute Gasteiger partial charge is 0.139 e. The van der Waals surface area contributed by atoms with Crippen molar-refractivity contribution in [1.82, 2.24) is 19.9 Å². The van der Waals surface area contributed by atoms with Gasteiger partial charge >= 0.3 is 0 Å². The summed E-state index contributed by atoms with van der Waals surface area (Å²) < 4.78 is 41.0. The summed E-state index contributed by atoms with van der Waals surface area (Å²) in [7, 11) is 3.37. The summed E-state index contributed by atoms with van der Waals surface area (Å²) in [6.45, 7) is 26.5. The van der Waals surface area contributed by atoms with Gasteiger partial charge in [-0.05, 0) is 154 Å². The van der Waals surface area contributed by atoms with Gasteiger partial charge in [-0.25, -0.2) is 9.97 Å². The third kappa shape index (κ3) is 12.8. The highest BCUT2D eigenvalue weighted by Crippen LogP contribution is 2.51. The lowest BCUT2D eigenvalue weighted by Crippen LogP contribution is -2.13. The van der Waals surface area contributed by atoms with Crippen LogP contribution >= 0.6 is 0 Å². The Morgan fingerprint density at radius 2 is 0.490 bits per heavy atom. The van der Waals surface area contributed by atoms with E-state index < -0.39 is 0 Å². The molecular formula is C86H82N4O6. The highest BCUT2D eigenvalue weighted by molar-refractivity contribution is 6.02. The van der Waals surface area contributed by atoms with Gasteiger partial charge in [0.05, 0.1) is 48.1 Å². The number of para-hydroxylation sites is 4. The number of rotatable bonds is 14. The van der Waals surface area contributed by atoms with Crippen LogP contribution in [0.4, 0.5) is 0 Å². The second-order valence-corrected chi connectivity index (χ2v) is 28.6. The lowest BCUT2D eigenvalue weighted by molar-refractivity contribution is 0.415. The first-order valence-corrected chi connectivity index (χ1v) is 32.8. The molecule has 5 heterocycles. The summed E-state index contributed by atoms with van der Waals surface area (Å²) >= 11 is 0. The molecule has 482 valence electrons. The van der Waals surface area contributed by atoms with Gasteiger partial charge in [-0.2, -0.15) is 0 Å². The molecule has 0 spiro atoms. The Bertz CT molecular complexity index is 4530. The molecule has 0 atom stereocenters. The maximum absolute atomic E-state index is 7.35. The first-order valence-electron chi connectivity index (χ1n) is 32.8. The van der Waals surface area contributed by atoms with Crippen molar-refractivity contribution in [3.05, 3.63) is 251 Å². The molecule has 2 aliphatic rings. The van der Waals surface area contributed by atoms with Crippen molar-refractivity contribution < 1.29 is 28.4 Å². The van der Waals surface area contributed by atoms with E-state index in [9.17, 15) is 0 Å². The molecule has 2 aliphatic heterocycles.